The third kappa shape index (κ3) is 3.04. The molecule has 0 aliphatic heterocycles. The zero-order valence-electron chi connectivity index (χ0n) is 12.8. The minimum absolute atomic E-state index is 0.0463. The Labute approximate surface area is 122 Å². The first-order chi connectivity index (χ1) is 9.93. The first kappa shape index (κ1) is 15.0. The van der Waals surface area contributed by atoms with Crippen LogP contribution in [0.2, 0.25) is 0 Å². The van der Waals surface area contributed by atoms with Crippen molar-refractivity contribution >= 4 is 11.5 Å². The van der Waals surface area contributed by atoms with Crippen molar-refractivity contribution in [3.63, 3.8) is 0 Å². The van der Waals surface area contributed by atoms with Crippen LogP contribution in [0.15, 0.2) is 6.20 Å². The number of rotatable bonds is 6. The van der Waals surface area contributed by atoms with Gasteiger partial charge in [-0.2, -0.15) is 10.2 Å². The topological polar surface area (TPSA) is 90.8 Å². The van der Waals surface area contributed by atoms with Gasteiger partial charge in [0, 0.05) is 31.9 Å². The van der Waals surface area contributed by atoms with Crippen LogP contribution in [0.25, 0.3) is 0 Å². The van der Waals surface area contributed by atoms with E-state index in [0.29, 0.717) is 24.6 Å². The molecule has 0 aliphatic rings. The fraction of sp³-hybridized carbons (Fsp3) is 0.538. The molecule has 2 heterocycles. The summed E-state index contributed by atoms with van der Waals surface area (Å²) in [5, 5.41) is 22.9. The summed E-state index contributed by atoms with van der Waals surface area (Å²) in [6.45, 7) is 6.71. The molecule has 0 aromatic carbocycles. The van der Waals surface area contributed by atoms with Crippen molar-refractivity contribution < 1.29 is 4.92 Å². The fourth-order valence-electron chi connectivity index (χ4n) is 2.34. The SMILES string of the molecule is CCCn1nc(C)c([N+](=O)[O-])c1NCc1cn(C)nc1C. The van der Waals surface area contributed by atoms with E-state index in [1.54, 1.807) is 16.3 Å². The first-order valence-corrected chi connectivity index (χ1v) is 6.88. The van der Waals surface area contributed by atoms with Crippen LogP contribution in [0.3, 0.4) is 0 Å². The summed E-state index contributed by atoms with van der Waals surface area (Å²) in [5.74, 6) is 0.461. The molecular weight excluding hydrogens is 272 g/mol. The van der Waals surface area contributed by atoms with Crippen LogP contribution in [0.1, 0.15) is 30.3 Å². The maximum Gasteiger partial charge on any atom is 0.333 e. The molecule has 0 saturated heterocycles. The summed E-state index contributed by atoms with van der Waals surface area (Å²) in [7, 11) is 1.85. The van der Waals surface area contributed by atoms with Crippen LogP contribution < -0.4 is 5.32 Å². The van der Waals surface area contributed by atoms with Crippen molar-refractivity contribution in [1.29, 1.82) is 0 Å². The molecule has 0 aliphatic carbocycles. The summed E-state index contributed by atoms with van der Waals surface area (Å²) in [4.78, 5) is 10.9. The van der Waals surface area contributed by atoms with Gasteiger partial charge in [-0.25, -0.2) is 4.68 Å². The number of nitrogens with zero attached hydrogens (tertiary/aromatic N) is 5. The van der Waals surface area contributed by atoms with Gasteiger partial charge in [-0.05, 0) is 20.3 Å². The Morgan fingerprint density at radius 1 is 1.33 bits per heavy atom. The van der Waals surface area contributed by atoms with E-state index in [4.69, 9.17) is 0 Å². The van der Waals surface area contributed by atoms with Crippen LogP contribution in [-0.4, -0.2) is 24.5 Å². The minimum atomic E-state index is -0.382. The van der Waals surface area contributed by atoms with Gasteiger partial charge in [-0.3, -0.25) is 14.8 Å². The molecule has 0 bridgehead atoms. The van der Waals surface area contributed by atoms with E-state index >= 15 is 0 Å². The van der Waals surface area contributed by atoms with Crippen LogP contribution in [0.5, 0.6) is 0 Å². The Kier molecular flexibility index (Phi) is 4.25. The van der Waals surface area contributed by atoms with E-state index in [9.17, 15) is 10.1 Å². The van der Waals surface area contributed by atoms with Crippen LogP contribution in [0, 0.1) is 24.0 Å². The standard InChI is InChI=1S/C13H20N6O2/c1-5-6-18-13(12(19(20)21)10(3)16-18)14-7-11-8-17(4)15-9(11)2/h8,14H,5-7H2,1-4H3. The second kappa shape index (κ2) is 5.94. The van der Waals surface area contributed by atoms with Gasteiger partial charge in [0.2, 0.25) is 5.82 Å². The number of anilines is 1. The monoisotopic (exact) mass is 292 g/mol. The van der Waals surface area contributed by atoms with Gasteiger partial charge < -0.3 is 5.32 Å². The fourth-order valence-corrected chi connectivity index (χ4v) is 2.34. The zero-order chi connectivity index (χ0) is 15.6. The molecule has 8 heteroatoms. The normalized spacial score (nSPS) is 10.9. The molecule has 0 radical (unpaired) electrons. The molecule has 8 nitrogen and oxygen atoms in total. The van der Waals surface area contributed by atoms with E-state index in [1.807, 2.05) is 27.1 Å². The average Bonchev–Trinajstić information content (AvgIpc) is 2.87. The second-order valence-electron chi connectivity index (χ2n) is 5.03. The smallest absolute Gasteiger partial charge is 0.333 e. The van der Waals surface area contributed by atoms with Crippen molar-refractivity contribution in [2.24, 2.45) is 7.05 Å². The summed E-state index contributed by atoms with van der Waals surface area (Å²) < 4.78 is 3.40. The highest BCUT2D eigenvalue weighted by atomic mass is 16.6. The van der Waals surface area contributed by atoms with E-state index in [-0.39, 0.29) is 10.6 Å². The van der Waals surface area contributed by atoms with Gasteiger partial charge in [0.15, 0.2) is 0 Å². The minimum Gasteiger partial charge on any atom is -0.360 e. The molecular formula is C13H20N6O2. The lowest BCUT2D eigenvalue weighted by atomic mass is 10.2. The molecule has 0 atom stereocenters. The van der Waals surface area contributed by atoms with Crippen LogP contribution in [0.4, 0.5) is 11.5 Å². The number of aromatic nitrogens is 4. The predicted molar refractivity (Wildman–Crippen MR) is 79.2 cm³/mol. The highest BCUT2D eigenvalue weighted by Gasteiger charge is 2.25. The van der Waals surface area contributed by atoms with E-state index in [0.717, 1.165) is 17.7 Å². The summed E-state index contributed by atoms with van der Waals surface area (Å²) in [5.41, 5.74) is 2.39. The molecule has 0 spiro atoms. The lowest BCUT2D eigenvalue weighted by Crippen LogP contribution is -2.09. The van der Waals surface area contributed by atoms with Gasteiger partial charge in [-0.1, -0.05) is 6.92 Å². The number of aryl methyl sites for hydroxylation is 4. The first-order valence-electron chi connectivity index (χ1n) is 6.88. The maximum absolute atomic E-state index is 11.2. The summed E-state index contributed by atoms with van der Waals surface area (Å²) in [6, 6.07) is 0. The molecule has 0 saturated carbocycles. The molecule has 2 aromatic rings. The predicted octanol–water partition coefficient (Wildman–Crippen LogP) is 2.16. The van der Waals surface area contributed by atoms with Gasteiger partial charge in [-0.15, -0.1) is 0 Å². The molecule has 0 amide bonds. The molecule has 0 fully saturated rings. The Balaban J connectivity index is 2.29. The van der Waals surface area contributed by atoms with Crippen molar-refractivity contribution in [2.45, 2.75) is 40.3 Å². The number of nitro groups is 1. The highest BCUT2D eigenvalue weighted by molar-refractivity contribution is 5.59. The van der Waals surface area contributed by atoms with Crippen LogP contribution >= 0.6 is 0 Å². The molecule has 2 rings (SSSR count). The van der Waals surface area contributed by atoms with Gasteiger partial charge in [0.05, 0.1) is 10.6 Å². The molecule has 1 N–H and O–H groups in total. The summed E-state index contributed by atoms with van der Waals surface area (Å²) in [6.07, 6.45) is 2.76. The zero-order valence-corrected chi connectivity index (χ0v) is 12.8. The Morgan fingerprint density at radius 2 is 2.05 bits per heavy atom. The lowest BCUT2D eigenvalue weighted by molar-refractivity contribution is -0.384. The van der Waals surface area contributed by atoms with E-state index < -0.39 is 0 Å². The van der Waals surface area contributed by atoms with E-state index in [2.05, 4.69) is 15.5 Å². The Morgan fingerprint density at radius 3 is 2.57 bits per heavy atom. The molecule has 21 heavy (non-hydrogen) atoms. The Hall–Kier alpha value is -2.38. The maximum atomic E-state index is 11.2. The van der Waals surface area contributed by atoms with Gasteiger partial charge in [0.1, 0.15) is 5.69 Å². The number of hydrogen-bond acceptors (Lipinski definition) is 5. The van der Waals surface area contributed by atoms with Crippen molar-refractivity contribution in [3.8, 4) is 0 Å². The quantitative estimate of drug-likeness (QED) is 0.650. The Bertz CT molecular complexity index is 658. The third-order valence-corrected chi connectivity index (χ3v) is 3.28. The number of hydrogen-bond donors (Lipinski definition) is 1. The second-order valence-corrected chi connectivity index (χ2v) is 5.03. The van der Waals surface area contributed by atoms with Crippen molar-refractivity contribution in [3.05, 3.63) is 33.3 Å². The highest BCUT2D eigenvalue weighted by Crippen LogP contribution is 2.29. The van der Waals surface area contributed by atoms with E-state index in [1.165, 1.54) is 0 Å². The van der Waals surface area contributed by atoms with Gasteiger partial charge >= 0.3 is 5.69 Å². The van der Waals surface area contributed by atoms with Crippen molar-refractivity contribution in [1.82, 2.24) is 19.6 Å². The number of nitrogens with one attached hydrogen (secondary N) is 1. The van der Waals surface area contributed by atoms with Crippen molar-refractivity contribution in [2.75, 3.05) is 5.32 Å². The molecule has 0 unspecified atom stereocenters. The third-order valence-electron chi connectivity index (χ3n) is 3.28. The molecule has 114 valence electrons. The van der Waals surface area contributed by atoms with Gasteiger partial charge in [0.25, 0.3) is 0 Å². The summed E-state index contributed by atoms with van der Waals surface area (Å²) >= 11 is 0. The lowest BCUT2D eigenvalue weighted by Gasteiger charge is -2.08. The molecule has 2 aromatic heterocycles. The average molecular weight is 292 g/mol. The largest absolute Gasteiger partial charge is 0.360 e. The van der Waals surface area contributed by atoms with Crippen LogP contribution in [-0.2, 0) is 20.1 Å².